The summed E-state index contributed by atoms with van der Waals surface area (Å²) in [4.78, 5) is 2.62. The molecule has 2 N–H and O–H groups in total. The first-order valence-corrected chi connectivity index (χ1v) is 7.68. The number of ether oxygens (including phenoxy) is 1. The zero-order chi connectivity index (χ0) is 13.2. The van der Waals surface area contributed by atoms with Crippen LogP contribution in [0.15, 0.2) is 36.4 Å². The van der Waals surface area contributed by atoms with E-state index >= 15 is 0 Å². The Kier molecular flexibility index (Phi) is 3.58. The van der Waals surface area contributed by atoms with E-state index in [9.17, 15) is 0 Å². The molecule has 1 aromatic heterocycles. The molecule has 100 valence electrons. The standard InChI is InChI=1S/C16H19NOS/c1-2-14-9-10-15(19-14)16(17)11-3-5-12(6-4-11)18-13-7-8-13/h3-6,9-10,13,16H,2,7-8,17H2,1H3. The molecule has 0 spiro atoms. The molecular weight excluding hydrogens is 254 g/mol. The number of benzene rings is 1. The summed E-state index contributed by atoms with van der Waals surface area (Å²) in [5.74, 6) is 0.957. The lowest BCUT2D eigenvalue weighted by Crippen LogP contribution is -2.10. The van der Waals surface area contributed by atoms with E-state index in [-0.39, 0.29) is 6.04 Å². The van der Waals surface area contributed by atoms with Gasteiger partial charge in [0.2, 0.25) is 0 Å². The molecule has 1 aliphatic carbocycles. The molecule has 3 rings (SSSR count). The van der Waals surface area contributed by atoms with Gasteiger partial charge in [0.05, 0.1) is 12.1 Å². The third-order valence-corrected chi connectivity index (χ3v) is 4.72. The van der Waals surface area contributed by atoms with Gasteiger partial charge in [-0.3, -0.25) is 0 Å². The minimum absolute atomic E-state index is 0.0275. The van der Waals surface area contributed by atoms with Crippen LogP contribution in [0, 0.1) is 0 Å². The van der Waals surface area contributed by atoms with Crippen molar-refractivity contribution >= 4 is 11.3 Å². The van der Waals surface area contributed by atoms with Crippen LogP contribution in [0.2, 0.25) is 0 Å². The van der Waals surface area contributed by atoms with Gasteiger partial charge in [-0.05, 0) is 49.1 Å². The molecule has 1 atom stereocenters. The molecule has 0 saturated heterocycles. The molecule has 1 unspecified atom stereocenters. The summed E-state index contributed by atoms with van der Waals surface area (Å²) in [6.45, 7) is 2.17. The van der Waals surface area contributed by atoms with E-state index in [4.69, 9.17) is 10.5 Å². The Labute approximate surface area is 118 Å². The maximum Gasteiger partial charge on any atom is 0.119 e. The van der Waals surface area contributed by atoms with Crippen LogP contribution in [0.3, 0.4) is 0 Å². The number of hydrogen-bond donors (Lipinski definition) is 1. The van der Waals surface area contributed by atoms with Crippen molar-refractivity contribution in [3.05, 3.63) is 51.7 Å². The van der Waals surface area contributed by atoms with Crippen molar-refractivity contribution in [2.75, 3.05) is 0 Å². The second-order valence-corrected chi connectivity index (χ2v) is 6.22. The number of hydrogen-bond acceptors (Lipinski definition) is 3. The molecule has 1 fully saturated rings. The minimum Gasteiger partial charge on any atom is -0.490 e. The fraction of sp³-hybridized carbons (Fsp3) is 0.375. The van der Waals surface area contributed by atoms with E-state index in [1.165, 1.54) is 22.6 Å². The second kappa shape index (κ2) is 5.35. The van der Waals surface area contributed by atoms with Crippen molar-refractivity contribution in [3.8, 4) is 5.75 Å². The number of aryl methyl sites for hydroxylation is 1. The average molecular weight is 273 g/mol. The molecule has 0 bridgehead atoms. The molecule has 3 heteroatoms. The highest BCUT2D eigenvalue weighted by Crippen LogP contribution is 2.30. The van der Waals surface area contributed by atoms with Crippen molar-refractivity contribution < 1.29 is 4.74 Å². The summed E-state index contributed by atoms with van der Waals surface area (Å²) in [5.41, 5.74) is 7.46. The molecular formula is C16H19NOS. The number of rotatable bonds is 5. The highest BCUT2D eigenvalue weighted by atomic mass is 32.1. The summed E-state index contributed by atoms with van der Waals surface area (Å²) >= 11 is 1.80. The van der Waals surface area contributed by atoms with Gasteiger partial charge in [-0.15, -0.1) is 11.3 Å². The van der Waals surface area contributed by atoms with E-state index in [2.05, 4.69) is 31.2 Å². The first-order chi connectivity index (χ1) is 9.26. The van der Waals surface area contributed by atoms with E-state index < -0.39 is 0 Å². The fourth-order valence-corrected chi connectivity index (χ4v) is 3.03. The van der Waals surface area contributed by atoms with Gasteiger partial charge < -0.3 is 10.5 Å². The van der Waals surface area contributed by atoms with E-state index in [0.717, 1.165) is 17.7 Å². The second-order valence-electron chi connectivity index (χ2n) is 5.02. The molecule has 2 aromatic rings. The molecule has 1 aliphatic rings. The lowest BCUT2D eigenvalue weighted by molar-refractivity contribution is 0.303. The highest BCUT2D eigenvalue weighted by molar-refractivity contribution is 7.12. The molecule has 0 amide bonds. The first-order valence-electron chi connectivity index (χ1n) is 6.87. The van der Waals surface area contributed by atoms with Gasteiger partial charge in [-0.1, -0.05) is 19.1 Å². The zero-order valence-electron chi connectivity index (χ0n) is 11.1. The Hall–Kier alpha value is -1.32. The van der Waals surface area contributed by atoms with Crippen LogP contribution < -0.4 is 10.5 Å². The van der Waals surface area contributed by atoms with Gasteiger partial charge in [0.15, 0.2) is 0 Å². The third-order valence-electron chi connectivity index (χ3n) is 3.40. The van der Waals surface area contributed by atoms with E-state index in [1.54, 1.807) is 11.3 Å². The number of nitrogens with two attached hydrogens (primary N) is 1. The Morgan fingerprint density at radius 1 is 1.21 bits per heavy atom. The summed E-state index contributed by atoms with van der Waals surface area (Å²) in [6, 6.07) is 12.5. The highest BCUT2D eigenvalue weighted by Gasteiger charge is 2.23. The average Bonchev–Trinajstić information content (AvgIpc) is 3.12. The quantitative estimate of drug-likeness (QED) is 0.896. The van der Waals surface area contributed by atoms with Gasteiger partial charge in [-0.2, -0.15) is 0 Å². The van der Waals surface area contributed by atoms with Gasteiger partial charge in [0.25, 0.3) is 0 Å². The van der Waals surface area contributed by atoms with Crippen molar-refractivity contribution in [1.82, 2.24) is 0 Å². The summed E-state index contributed by atoms with van der Waals surface area (Å²) < 4.78 is 5.75. The smallest absolute Gasteiger partial charge is 0.119 e. The van der Waals surface area contributed by atoms with Crippen LogP contribution in [-0.4, -0.2) is 6.10 Å². The maximum absolute atomic E-state index is 6.32. The number of thiophene rings is 1. The predicted octanol–water partition coefficient (Wildman–Crippen LogP) is 3.90. The topological polar surface area (TPSA) is 35.2 Å². The normalized spacial score (nSPS) is 16.3. The Morgan fingerprint density at radius 3 is 2.53 bits per heavy atom. The summed E-state index contributed by atoms with van der Waals surface area (Å²) in [7, 11) is 0. The molecule has 19 heavy (non-hydrogen) atoms. The minimum atomic E-state index is -0.0275. The van der Waals surface area contributed by atoms with Crippen LogP contribution in [0.25, 0.3) is 0 Å². The Balaban J connectivity index is 1.73. The van der Waals surface area contributed by atoms with Crippen molar-refractivity contribution in [3.63, 3.8) is 0 Å². The van der Waals surface area contributed by atoms with E-state index in [1.807, 2.05) is 12.1 Å². The van der Waals surface area contributed by atoms with Crippen LogP contribution in [0.4, 0.5) is 0 Å². The maximum atomic E-state index is 6.32. The molecule has 2 nitrogen and oxygen atoms in total. The zero-order valence-corrected chi connectivity index (χ0v) is 12.0. The molecule has 1 heterocycles. The van der Waals surface area contributed by atoms with Crippen LogP contribution >= 0.6 is 11.3 Å². The third kappa shape index (κ3) is 2.99. The molecule has 1 aromatic carbocycles. The van der Waals surface area contributed by atoms with Crippen molar-refractivity contribution in [2.45, 2.75) is 38.3 Å². The fourth-order valence-electron chi connectivity index (χ4n) is 2.05. The predicted molar refractivity (Wildman–Crippen MR) is 79.8 cm³/mol. The van der Waals surface area contributed by atoms with Gasteiger partial charge in [0.1, 0.15) is 5.75 Å². The van der Waals surface area contributed by atoms with Gasteiger partial charge in [0, 0.05) is 9.75 Å². The molecule has 0 aliphatic heterocycles. The first kappa shape index (κ1) is 12.7. The molecule has 0 radical (unpaired) electrons. The van der Waals surface area contributed by atoms with Gasteiger partial charge in [-0.25, -0.2) is 0 Å². The van der Waals surface area contributed by atoms with Crippen molar-refractivity contribution in [1.29, 1.82) is 0 Å². The Bertz CT molecular complexity index is 542. The lowest BCUT2D eigenvalue weighted by Gasteiger charge is -2.11. The lowest BCUT2D eigenvalue weighted by atomic mass is 10.1. The van der Waals surface area contributed by atoms with Crippen LogP contribution in [0.5, 0.6) is 5.75 Å². The monoisotopic (exact) mass is 273 g/mol. The largest absolute Gasteiger partial charge is 0.490 e. The van der Waals surface area contributed by atoms with Gasteiger partial charge >= 0.3 is 0 Å². The van der Waals surface area contributed by atoms with E-state index in [0.29, 0.717) is 6.10 Å². The SMILES string of the molecule is CCc1ccc(C(N)c2ccc(OC3CC3)cc2)s1. The summed E-state index contributed by atoms with van der Waals surface area (Å²) in [6.07, 6.45) is 3.90. The Morgan fingerprint density at radius 2 is 1.95 bits per heavy atom. The van der Waals surface area contributed by atoms with Crippen LogP contribution in [-0.2, 0) is 6.42 Å². The summed E-state index contributed by atoms with van der Waals surface area (Å²) in [5, 5.41) is 0. The van der Waals surface area contributed by atoms with Crippen molar-refractivity contribution in [2.24, 2.45) is 5.73 Å². The van der Waals surface area contributed by atoms with Crippen LogP contribution in [0.1, 0.15) is 41.1 Å². The molecule has 1 saturated carbocycles.